The maximum absolute atomic E-state index is 5.63. The Labute approximate surface area is 109 Å². The van der Waals surface area contributed by atoms with Gasteiger partial charge in [-0.25, -0.2) is 0 Å². The van der Waals surface area contributed by atoms with E-state index in [2.05, 4.69) is 17.0 Å². The van der Waals surface area contributed by atoms with Gasteiger partial charge in [-0.05, 0) is 31.5 Å². The minimum atomic E-state index is 0.462. The third-order valence-corrected chi connectivity index (χ3v) is 3.33. The van der Waals surface area contributed by atoms with Crippen molar-refractivity contribution < 1.29 is 9.47 Å². The Balaban J connectivity index is 2.14. The van der Waals surface area contributed by atoms with Crippen LogP contribution < -0.4 is 15.4 Å². The third kappa shape index (κ3) is 3.15. The fourth-order valence-corrected chi connectivity index (χ4v) is 2.34. The molecule has 0 bridgehead atoms. The van der Waals surface area contributed by atoms with Crippen molar-refractivity contribution in [3.05, 3.63) is 24.3 Å². The van der Waals surface area contributed by atoms with Gasteiger partial charge in [-0.3, -0.25) is 0 Å². The van der Waals surface area contributed by atoms with Gasteiger partial charge in [0.15, 0.2) is 0 Å². The summed E-state index contributed by atoms with van der Waals surface area (Å²) in [5, 5.41) is 0. The second-order valence-corrected chi connectivity index (χ2v) is 4.55. The average molecular weight is 250 g/mol. The SMILES string of the molecule is COc1cccc(N(CCCN)C2CCOC2)c1. The van der Waals surface area contributed by atoms with Crippen molar-refractivity contribution in [3.63, 3.8) is 0 Å². The number of hydrogen-bond acceptors (Lipinski definition) is 4. The number of hydrogen-bond donors (Lipinski definition) is 1. The number of rotatable bonds is 6. The molecule has 2 rings (SSSR count). The van der Waals surface area contributed by atoms with Crippen LogP contribution in [0.2, 0.25) is 0 Å². The maximum Gasteiger partial charge on any atom is 0.120 e. The van der Waals surface area contributed by atoms with E-state index in [1.54, 1.807) is 7.11 Å². The molecule has 1 fully saturated rings. The Morgan fingerprint density at radius 2 is 2.39 bits per heavy atom. The Hall–Kier alpha value is -1.26. The van der Waals surface area contributed by atoms with Gasteiger partial charge < -0.3 is 20.1 Å². The summed E-state index contributed by atoms with van der Waals surface area (Å²) >= 11 is 0. The summed E-state index contributed by atoms with van der Waals surface area (Å²) in [7, 11) is 1.70. The lowest BCUT2D eigenvalue weighted by atomic mass is 10.1. The molecule has 0 aromatic heterocycles. The fourth-order valence-electron chi connectivity index (χ4n) is 2.34. The molecule has 1 aliphatic heterocycles. The minimum Gasteiger partial charge on any atom is -0.497 e. The number of ether oxygens (including phenoxy) is 2. The molecule has 0 amide bonds. The molecule has 1 unspecified atom stereocenters. The largest absolute Gasteiger partial charge is 0.497 e. The number of nitrogens with zero attached hydrogens (tertiary/aromatic N) is 1. The molecule has 2 N–H and O–H groups in total. The standard InChI is InChI=1S/C14H22N2O2/c1-17-14-5-2-4-12(10-14)16(8-3-7-15)13-6-9-18-11-13/h2,4-5,10,13H,3,6-9,11,15H2,1H3. The van der Waals surface area contributed by atoms with Crippen molar-refractivity contribution in [3.8, 4) is 5.75 Å². The minimum absolute atomic E-state index is 0.462. The van der Waals surface area contributed by atoms with Crippen molar-refractivity contribution in [1.29, 1.82) is 0 Å². The van der Waals surface area contributed by atoms with Crippen LogP contribution in [0.15, 0.2) is 24.3 Å². The van der Waals surface area contributed by atoms with Crippen LogP contribution >= 0.6 is 0 Å². The van der Waals surface area contributed by atoms with Crippen LogP contribution in [0.3, 0.4) is 0 Å². The lowest BCUT2D eigenvalue weighted by Gasteiger charge is -2.30. The predicted octanol–water partition coefficient (Wildman–Crippen LogP) is 1.64. The first kappa shape index (κ1) is 13.2. The predicted molar refractivity (Wildman–Crippen MR) is 73.2 cm³/mol. The Bertz CT molecular complexity index is 365. The van der Waals surface area contributed by atoms with Crippen molar-refractivity contribution in [2.24, 2.45) is 5.73 Å². The second kappa shape index (κ2) is 6.61. The molecule has 0 spiro atoms. The molecule has 4 heteroatoms. The van der Waals surface area contributed by atoms with Crippen LogP contribution in [0, 0.1) is 0 Å². The molecule has 1 saturated heterocycles. The Morgan fingerprint density at radius 3 is 3.06 bits per heavy atom. The zero-order chi connectivity index (χ0) is 12.8. The Morgan fingerprint density at radius 1 is 1.50 bits per heavy atom. The van der Waals surface area contributed by atoms with Gasteiger partial charge in [0.1, 0.15) is 5.75 Å². The molecule has 1 heterocycles. The lowest BCUT2D eigenvalue weighted by Crippen LogP contribution is -2.37. The van der Waals surface area contributed by atoms with Crippen LogP contribution in [0.1, 0.15) is 12.8 Å². The maximum atomic E-state index is 5.63. The van der Waals surface area contributed by atoms with Crippen LogP contribution in [0.4, 0.5) is 5.69 Å². The molecule has 4 nitrogen and oxygen atoms in total. The van der Waals surface area contributed by atoms with Gasteiger partial charge in [0.05, 0.1) is 19.8 Å². The quantitative estimate of drug-likeness (QED) is 0.834. The van der Waals surface area contributed by atoms with Crippen LogP contribution in [-0.4, -0.2) is 39.5 Å². The molecule has 1 aromatic carbocycles. The van der Waals surface area contributed by atoms with Gasteiger partial charge in [0, 0.05) is 24.9 Å². The normalized spacial score (nSPS) is 18.9. The number of methoxy groups -OCH3 is 1. The van der Waals surface area contributed by atoms with Crippen molar-refractivity contribution in [2.45, 2.75) is 18.9 Å². The van der Waals surface area contributed by atoms with Gasteiger partial charge in [0.25, 0.3) is 0 Å². The Kier molecular flexibility index (Phi) is 4.84. The van der Waals surface area contributed by atoms with E-state index in [0.717, 1.165) is 38.3 Å². The first-order valence-corrected chi connectivity index (χ1v) is 6.53. The number of anilines is 1. The molecular weight excluding hydrogens is 228 g/mol. The van der Waals surface area contributed by atoms with E-state index < -0.39 is 0 Å². The van der Waals surface area contributed by atoms with E-state index in [-0.39, 0.29) is 0 Å². The zero-order valence-corrected chi connectivity index (χ0v) is 11.0. The van der Waals surface area contributed by atoms with Gasteiger partial charge in [-0.15, -0.1) is 0 Å². The highest BCUT2D eigenvalue weighted by atomic mass is 16.5. The molecule has 1 aromatic rings. The highest BCUT2D eigenvalue weighted by molar-refractivity contribution is 5.51. The first-order valence-electron chi connectivity index (χ1n) is 6.53. The topological polar surface area (TPSA) is 47.7 Å². The molecule has 1 atom stereocenters. The van der Waals surface area contributed by atoms with E-state index >= 15 is 0 Å². The smallest absolute Gasteiger partial charge is 0.120 e. The highest BCUT2D eigenvalue weighted by Gasteiger charge is 2.23. The number of nitrogens with two attached hydrogens (primary N) is 1. The molecule has 1 aliphatic rings. The van der Waals surface area contributed by atoms with Gasteiger partial charge in [0.2, 0.25) is 0 Å². The van der Waals surface area contributed by atoms with Crippen molar-refractivity contribution in [1.82, 2.24) is 0 Å². The van der Waals surface area contributed by atoms with Crippen LogP contribution in [0.25, 0.3) is 0 Å². The first-order chi connectivity index (χ1) is 8.85. The second-order valence-electron chi connectivity index (χ2n) is 4.55. The molecule has 100 valence electrons. The number of benzene rings is 1. The van der Waals surface area contributed by atoms with E-state index in [1.165, 1.54) is 5.69 Å². The molecular formula is C14H22N2O2. The van der Waals surface area contributed by atoms with Crippen molar-refractivity contribution >= 4 is 5.69 Å². The molecule has 18 heavy (non-hydrogen) atoms. The third-order valence-electron chi connectivity index (χ3n) is 3.33. The highest BCUT2D eigenvalue weighted by Crippen LogP contribution is 2.25. The summed E-state index contributed by atoms with van der Waals surface area (Å²) in [4.78, 5) is 2.39. The van der Waals surface area contributed by atoms with E-state index in [9.17, 15) is 0 Å². The molecule has 0 radical (unpaired) electrons. The summed E-state index contributed by atoms with van der Waals surface area (Å²) in [5.74, 6) is 0.893. The molecule has 0 saturated carbocycles. The van der Waals surface area contributed by atoms with Gasteiger partial charge in [-0.1, -0.05) is 6.07 Å². The zero-order valence-electron chi connectivity index (χ0n) is 11.0. The van der Waals surface area contributed by atoms with E-state index in [1.807, 2.05) is 12.1 Å². The monoisotopic (exact) mass is 250 g/mol. The summed E-state index contributed by atoms with van der Waals surface area (Å²) < 4.78 is 10.8. The van der Waals surface area contributed by atoms with Crippen molar-refractivity contribution in [2.75, 3.05) is 38.3 Å². The summed E-state index contributed by atoms with van der Waals surface area (Å²) in [5.41, 5.74) is 6.82. The van der Waals surface area contributed by atoms with E-state index in [4.69, 9.17) is 15.2 Å². The summed E-state index contributed by atoms with van der Waals surface area (Å²) in [6.45, 7) is 3.35. The van der Waals surface area contributed by atoms with Gasteiger partial charge >= 0.3 is 0 Å². The molecule has 0 aliphatic carbocycles. The average Bonchev–Trinajstić information content (AvgIpc) is 2.93. The summed E-state index contributed by atoms with van der Waals surface area (Å²) in [6, 6.07) is 8.66. The van der Waals surface area contributed by atoms with Crippen LogP contribution in [-0.2, 0) is 4.74 Å². The lowest BCUT2D eigenvalue weighted by molar-refractivity contribution is 0.193. The summed E-state index contributed by atoms with van der Waals surface area (Å²) in [6.07, 6.45) is 2.08. The van der Waals surface area contributed by atoms with Gasteiger partial charge in [-0.2, -0.15) is 0 Å². The fraction of sp³-hybridized carbons (Fsp3) is 0.571. The van der Waals surface area contributed by atoms with Crippen LogP contribution in [0.5, 0.6) is 5.75 Å². The van der Waals surface area contributed by atoms with E-state index in [0.29, 0.717) is 12.6 Å².